The van der Waals surface area contributed by atoms with E-state index in [-0.39, 0.29) is 29.7 Å². The van der Waals surface area contributed by atoms with E-state index < -0.39 is 0 Å². The van der Waals surface area contributed by atoms with E-state index >= 15 is 0 Å². The Hall–Kier alpha value is -3.37. The Morgan fingerprint density at radius 3 is 1.41 bits per heavy atom. The molecular weight excluding hydrogens is 362 g/mol. The van der Waals surface area contributed by atoms with Crippen LogP contribution in [0.2, 0.25) is 0 Å². The lowest BCUT2D eigenvalue weighted by atomic mass is 9.71. The monoisotopic (exact) mass is 383 g/mol. The first-order chi connectivity index (χ1) is 14.3. The molecule has 3 heterocycles. The van der Waals surface area contributed by atoms with E-state index in [4.69, 9.17) is 8.83 Å². The number of rotatable bonds is 4. The molecule has 1 fully saturated rings. The number of ketones is 1. The number of benzene rings is 2. The van der Waals surface area contributed by atoms with E-state index in [1.807, 2.05) is 84.9 Å². The molecule has 144 valence electrons. The molecule has 0 radical (unpaired) electrons. The molecule has 4 aromatic rings. The fourth-order valence-corrected chi connectivity index (χ4v) is 4.37. The number of Topliss-reactive ketones (excluding diaryl/α,β-unsaturated/α-hetero) is 1. The maximum atomic E-state index is 14.0. The van der Waals surface area contributed by atoms with Crippen LogP contribution in [-0.4, -0.2) is 5.78 Å². The lowest BCUT2D eigenvalue weighted by Crippen LogP contribution is -2.46. The highest BCUT2D eigenvalue weighted by atomic mass is 16.3. The van der Waals surface area contributed by atoms with Crippen LogP contribution in [0.4, 0.5) is 0 Å². The van der Waals surface area contributed by atoms with Gasteiger partial charge < -0.3 is 8.83 Å². The zero-order chi connectivity index (χ0) is 19.6. The van der Waals surface area contributed by atoms with Crippen molar-refractivity contribution in [3.05, 3.63) is 120 Å². The van der Waals surface area contributed by atoms with E-state index in [1.165, 1.54) is 0 Å². The molecule has 2 aromatic heterocycles. The summed E-state index contributed by atoms with van der Waals surface area (Å²) in [7, 11) is 0. The molecule has 2 aromatic carbocycles. The molecule has 0 amide bonds. The third-order valence-electron chi connectivity index (χ3n) is 5.66. The van der Waals surface area contributed by atoms with Gasteiger partial charge in [0.2, 0.25) is 0 Å². The minimum atomic E-state index is -0.362. The SMILES string of the molecule is O=C1[C@H](c2ccccc2)[C@@H](c2ccco2)N[C@@H](c2ccco2)[C@@H]1c1ccccc1. The van der Waals surface area contributed by atoms with Gasteiger partial charge in [0.05, 0.1) is 36.4 Å². The molecule has 4 atom stereocenters. The molecule has 4 heteroatoms. The average Bonchev–Trinajstić information content (AvgIpc) is 3.49. The van der Waals surface area contributed by atoms with E-state index in [9.17, 15) is 4.79 Å². The highest BCUT2D eigenvalue weighted by molar-refractivity contribution is 5.94. The van der Waals surface area contributed by atoms with Crippen LogP contribution in [0.3, 0.4) is 0 Å². The molecule has 0 unspecified atom stereocenters. The van der Waals surface area contributed by atoms with Crippen molar-refractivity contribution in [1.82, 2.24) is 5.32 Å². The first-order valence-corrected chi connectivity index (χ1v) is 9.79. The number of furan rings is 2. The van der Waals surface area contributed by atoms with Crippen LogP contribution in [-0.2, 0) is 4.79 Å². The van der Waals surface area contributed by atoms with Gasteiger partial charge in [-0.15, -0.1) is 0 Å². The van der Waals surface area contributed by atoms with Crippen LogP contribution < -0.4 is 5.32 Å². The Morgan fingerprint density at radius 2 is 1.03 bits per heavy atom. The molecular formula is C25H21NO3. The predicted octanol–water partition coefficient (Wildman–Crippen LogP) is 5.39. The van der Waals surface area contributed by atoms with Gasteiger partial charge in [0.1, 0.15) is 11.5 Å². The number of hydrogen-bond donors (Lipinski definition) is 1. The summed E-state index contributed by atoms with van der Waals surface area (Å²) in [6.45, 7) is 0. The lowest BCUT2D eigenvalue weighted by Gasteiger charge is -2.40. The number of carbonyl (C=O) groups is 1. The minimum absolute atomic E-state index is 0.156. The largest absolute Gasteiger partial charge is 0.468 e. The highest BCUT2D eigenvalue weighted by Gasteiger charge is 2.47. The summed E-state index contributed by atoms with van der Waals surface area (Å²) in [5.41, 5.74) is 1.95. The molecule has 0 bridgehead atoms. The zero-order valence-electron chi connectivity index (χ0n) is 15.8. The molecule has 0 saturated carbocycles. The van der Waals surface area contributed by atoms with E-state index in [0.29, 0.717) is 0 Å². The second-order valence-corrected chi connectivity index (χ2v) is 7.33. The topological polar surface area (TPSA) is 55.4 Å². The van der Waals surface area contributed by atoms with Crippen LogP contribution in [0.5, 0.6) is 0 Å². The van der Waals surface area contributed by atoms with Crippen LogP contribution >= 0.6 is 0 Å². The van der Waals surface area contributed by atoms with E-state index in [1.54, 1.807) is 12.5 Å². The van der Waals surface area contributed by atoms with Crippen molar-refractivity contribution in [3.63, 3.8) is 0 Å². The molecule has 1 saturated heterocycles. The van der Waals surface area contributed by atoms with Crippen molar-refractivity contribution in [2.45, 2.75) is 23.9 Å². The molecule has 1 N–H and O–H groups in total. The Morgan fingerprint density at radius 1 is 0.586 bits per heavy atom. The summed E-state index contributed by atoms with van der Waals surface area (Å²) in [5, 5.41) is 3.68. The summed E-state index contributed by atoms with van der Waals surface area (Å²) in [5.74, 6) is 0.923. The number of piperidine rings is 1. The third-order valence-corrected chi connectivity index (χ3v) is 5.66. The van der Waals surface area contributed by atoms with Gasteiger partial charge in [-0.2, -0.15) is 0 Å². The maximum Gasteiger partial charge on any atom is 0.151 e. The van der Waals surface area contributed by atoms with Crippen molar-refractivity contribution in [3.8, 4) is 0 Å². The smallest absolute Gasteiger partial charge is 0.151 e. The minimum Gasteiger partial charge on any atom is -0.468 e. The molecule has 0 spiro atoms. The standard InChI is InChI=1S/C25H21NO3/c27-25-21(17-9-3-1-4-10-17)23(19-13-7-15-28-19)26-24(20-14-8-16-29-20)22(25)18-11-5-2-6-12-18/h1-16,21-24,26H/t21-,22+,23-,24+. The van der Waals surface area contributed by atoms with Crippen LogP contribution in [0, 0.1) is 0 Å². The number of carbonyl (C=O) groups excluding carboxylic acids is 1. The normalized spacial score (nSPS) is 24.5. The van der Waals surface area contributed by atoms with Crippen molar-refractivity contribution in [2.24, 2.45) is 0 Å². The van der Waals surface area contributed by atoms with Gasteiger partial charge in [0.25, 0.3) is 0 Å². The molecule has 5 rings (SSSR count). The molecule has 0 aliphatic carbocycles. The van der Waals surface area contributed by atoms with Gasteiger partial charge in [-0.1, -0.05) is 60.7 Å². The molecule has 1 aliphatic heterocycles. The van der Waals surface area contributed by atoms with Crippen molar-refractivity contribution in [2.75, 3.05) is 0 Å². The van der Waals surface area contributed by atoms with Gasteiger partial charge in [-0.25, -0.2) is 0 Å². The van der Waals surface area contributed by atoms with E-state index in [0.717, 1.165) is 22.6 Å². The van der Waals surface area contributed by atoms with Crippen LogP contribution in [0.15, 0.2) is 106 Å². The Bertz CT molecular complexity index is 970. The van der Waals surface area contributed by atoms with Gasteiger partial charge in [0.15, 0.2) is 5.78 Å². The van der Waals surface area contributed by atoms with Gasteiger partial charge >= 0.3 is 0 Å². The summed E-state index contributed by atoms with van der Waals surface area (Å²) in [6, 6.07) is 26.8. The van der Waals surface area contributed by atoms with Crippen LogP contribution in [0.1, 0.15) is 46.6 Å². The number of nitrogens with one attached hydrogen (secondary N) is 1. The third kappa shape index (κ3) is 3.22. The quantitative estimate of drug-likeness (QED) is 0.513. The Labute approximate surface area is 169 Å². The maximum absolute atomic E-state index is 14.0. The van der Waals surface area contributed by atoms with Crippen molar-refractivity contribution >= 4 is 5.78 Å². The molecule has 4 nitrogen and oxygen atoms in total. The predicted molar refractivity (Wildman–Crippen MR) is 109 cm³/mol. The summed E-state index contributed by atoms with van der Waals surface area (Å²) < 4.78 is 11.5. The van der Waals surface area contributed by atoms with Crippen LogP contribution in [0.25, 0.3) is 0 Å². The second kappa shape index (κ2) is 7.57. The first kappa shape index (κ1) is 17.7. The highest BCUT2D eigenvalue weighted by Crippen LogP contribution is 2.47. The molecule has 1 aliphatic rings. The zero-order valence-corrected chi connectivity index (χ0v) is 15.8. The summed E-state index contributed by atoms with van der Waals surface area (Å²) in [6.07, 6.45) is 3.30. The van der Waals surface area contributed by atoms with E-state index in [2.05, 4.69) is 5.32 Å². The van der Waals surface area contributed by atoms with Gasteiger partial charge in [0, 0.05) is 0 Å². The summed E-state index contributed by atoms with van der Waals surface area (Å²) >= 11 is 0. The fourth-order valence-electron chi connectivity index (χ4n) is 4.37. The van der Waals surface area contributed by atoms with Gasteiger partial charge in [-0.3, -0.25) is 10.1 Å². The Balaban J connectivity index is 1.66. The van der Waals surface area contributed by atoms with Gasteiger partial charge in [-0.05, 0) is 35.4 Å². The lowest BCUT2D eigenvalue weighted by molar-refractivity contribution is -0.126. The summed E-state index contributed by atoms with van der Waals surface area (Å²) in [4.78, 5) is 14.0. The second-order valence-electron chi connectivity index (χ2n) is 7.33. The van der Waals surface area contributed by atoms with Crippen molar-refractivity contribution < 1.29 is 13.6 Å². The molecule has 29 heavy (non-hydrogen) atoms. The fraction of sp³-hybridized carbons (Fsp3) is 0.160. The Kier molecular flexibility index (Phi) is 4.62. The van der Waals surface area contributed by atoms with Crippen molar-refractivity contribution in [1.29, 1.82) is 0 Å². The average molecular weight is 383 g/mol. The first-order valence-electron chi connectivity index (χ1n) is 9.79. The number of hydrogen-bond acceptors (Lipinski definition) is 4.